The number of anilines is 1. The number of amides is 2. The van der Waals surface area contributed by atoms with Gasteiger partial charge in [0.1, 0.15) is 11.5 Å². The fraction of sp³-hybridized carbons (Fsp3) is 0.429. The second kappa shape index (κ2) is 6.79. The van der Waals surface area contributed by atoms with Crippen molar-refractivity contribution in [3.05, 3.63) is 18.2 Å². The van der Waals surface area contributed by atoms with E-state index in [0.29, 0.717) is 23.7 Å². The van der Waals surface area contributed by atoms with Crippen molar-refractivity contribution in [1.82, 2.24) is 5.32 Å². The first kappa shape index (κ1) is 14.2. The third kappa shape index (κ3) is 3.88. The van der Waals surface area contributed by atoms with Crippen LogP contribution in [-0.2, 0) is 9.59 Å². The summed E-state index contributed by atoms with van der Waals surface area (Å²) in [6.07, 6.45) is 1.99. The fourth-order valence-corrected chi connectivity index (χ4v) is 1.76. The zero-order chi connectivity index (χ0) is 14.4. The molecular weight excluding hydrogens is 260 g/mol. The Balaban J connectivity index is 1.86. The van der Waals surface area contributed by atoms with E-state index in [9.17, 15) is 9.59 Å². The monoisotopic (exact) mass is 278 g/mol. The standard InChI is InChI=1S/C14H18N2O4/c1-2-3-6-15-13(17)8-19-10-4-5-12-11(7-10)16-14(18)9-20-12/h4-5,7H,2-3,6,8-9H2,1H3,(H,15,17)(H,16,18). The molecular formula is C14H18N2O4. The van der Waals surface area contributed by atoms with Crippen molar-refractivity contribution in [2.24, 2.45) is 0 Å². The van der Waals surface area contributed by atoms with Crippen molar-refractivity contribution in [3.8, 4) is 11.5 Å². The summed E-state index contributed by atoms with van der Waals surface area (Å²) in [6.45, 7) is 2.70. The molecule has 6 heteroatoms. The molecule has 0 fully saturated rings. The highest BCUT2D eigenvalue weighted by Crippen LogP contribution is 2.31. The second-order valence-corrected chi connectivity index (χ2v) is 4.49. The number of benzene rings is 1. The SMILES string of the molecule is CCCCNC(=O)COc1ccc2c(c1)NC(=O)CO2. The van der Waals surface area contributed by atoms with Gasteiger partial charge in [0.2, 0.25) is 0 Å². The number of hydrogen-bond acceptors (Lipinski definition) is 4. The van der Waals surface area contributed by atoms with Crippen LogP contribution in [0.3, 0.4) is 0 Å². The van der Waals surface area contributed by atoms with Crippen LogP contribution in [0, 0.1) is 0 Å². The Kier molecular flexibility index (Phi) is 4.81. The number of carbonyl (C=O) groups is 2. The third-order valence-corrected chi connectivity index (χ3v) is 2.81. The van der Waals surface area contributed by atoms with E-state index >= 15 is 0 Å². The number of unbranched alkanes of at least 4 members (excludes halogenated alkanes) is 1. The van der Waals surface area contributed by atoms with Crippen LogP contribution in [0.25, 0.3) is 0 Å². The van der Waals surface area contributed by atoms with Gasteiger partial charge in [-0.3, -0.25) is 9.59 Å². The minimum atomic E-state index is -0.202. The summed E-state index contributed by atoms with van der Waals surface area (Å²) in [6, 6.07) is 5.06. The van der Waals surface area contributed by atoms with Crippen LogP contribution in [0.2, 0.25) is 0 Å². The number of carbonyl (C=O) groups excluding carboxylic acids is 2. The van der Waals surface area contributed by atoms with Crippen LogP contribution < -0.4 is 20.1 Å². The quantitative estimate of drug-likeness (QED) is 0.769. The Morgan fingerprint density at radius 2 is 2.35 bits per heavy atom. The maximum atomic E-state index is 11.5. The normalized spacial score (nSPS) is 12.9. The molecule has 0 unspecified atom stereocenters. The molecule has 6 nitrogen and oxygen atoms in total. The van der Waals surface area contributed by atoms with Crippen molar-refractivity contribution >= 4 is 17.5 Å². The first-order chi connectivity index (χ1) is 9.69. The Hall–Kier alpha value is -2.24. The van der Waals surface area contributed by atoms with Gasteiger partial charge in [0, 0.05) is 12.6 Å². The lowest BCUT2D eigenvalue weighted by molar-refractivity contribution is -0.123. The molecule has 1 aromatic rings. The van der Waals surface area contributed by atoms with E-state index < -0.39 is 0 Å². The van der Waals surface area contributed by atoms with Crippen LogP contribution in [0.1, 0.15) is 19.8 Å². The summed E-state index contributed by atoms with van der Waals surface area (Å²) in [5.74, 6) is 0.757. The van der Waals surface area contributed by atoms with E-state index in [1.54, 1.807) is 18.2 Å². The van der Waals surface area contributed by atoms with Gasteiger partial charge in [-0.25, -0.2) is 0 Å². The van der Waals surface area contributed by atoms with Crippen molar-refractivity contribution in [2.45, 2.75) is 19.8 Å². The topological polar surface area (TPSA) is 76.7 Å². The van der Waals surface area contributed by atoms with Crippen LogP contribution in [0.15, 0.2) is 18.2 Å². The van der Waals surface area contributed by atoms with Crippen molar-refractivity contribution in [3.63, 3.8) is 0 Å². The van der Waals surface area contributed by atoms with E-state index in [1.165, 1.54) is 0 Å². The summed E-state index contributed by atoms with van der Waals surface area (Å²) in [5.41, 5.74) is 0.560. The maximum Gasteiger partial charge on any atom is 0.262 e. The largest absolute Gasteiger partial charge is 0.484 e. The molecule has 0 saturated heterocycles. The fourth-order valence-electron chi connectivity index (χ4n) is 1.76. The van der Waals surface area contributed by atoms with Crippen molar-refractivity contribution < 1.29 is 19.1 Å². The zero-order valence-corrected chi connectivity index (χ0v) is 11.4. The average molecular weight is 278 g/mol. The molecule has 20 heavy (non-hydrogen) atoms. The molecule has 0 aliphatic carbocycles. The molecule has 0 saturated carbocycles. The van der Waals surface area contributed by atoms with E-state index in [2.05, 4.69) is 17.6 Å². The molecule has 0 bridgehead atoms. The van der Waals surface area contributed by atoms with Gasteiger partial charge in [-0.1, -0.05) is 13.3 Å². The molecule has 1 aliphatic rings. The third-order valence-electron chi connectivity index (χ3n) is 2.81. The maximum absolute atomic E-state index is 11.5. The number of fused-ring (bicyclic) bond motifs is 1. The van der Waals surface area contributed by atoms with Crippen LogP contribution in [0.5, 0.6) is 11.5 Å². The van der Waals surface area contributed by atoms with Gasteiger partial charge in [0.05, 0.1) is 5.69 Å². The molecule has 1 heterocycles. The predicted molar refractivity (Wildman–Crippen MR) is 74.0 cm³/mol. The van der Waals surface area contributed by atoms with Crippen molar-refractivity contribution in [1.29, 1.82) is 0 Å². The molecule has 0 atom stereocenters. The first-order valence-corrected chi connectivity index (χ1v) is 6.65. The number of ether oxygens (including phenoxy) is 2. The summed E-state index contributed by atoms with van der Waals surface area (Å²) in [7, 11) is 0. The Labute approximate surface area is 117 Å². The number of hydrogen-bond donors (Lipinski definition) is 2. The number of nitrogens with one attached hydrogen (secondary N) is 2. The Morgan fingerprint density at radius 3 is 3.15 bits per heavy atom. The highest BCUT2D eigenvalue weighted by Gasteiger charge is 2.16. The highest BCUT2D eigenvalue weighted by molar-refractivity contribution is 5.95. The van der Waals surface area contributed by atoms with Crippen molar-refractivity contribution in [2.75, 3.05) is 25.1 Å². The van der Waals surface area contributed by atoms with Gasteiger partial charge in [-0.2, -0.15) is 0 Å². The molecule has 0 spiro atoms. The minimum Gasteiger partial charge on any atom is -0.484 e. The highest BCUT2D eigenvalue weighted by atomic mass is 16.5. The molecule has 108 valence electrons. The van der Waals surface area contributed by atoms with Gasteiger partial charge in [-0.05, 0) is 18.6 Å². The van der Waals surface area contributed by atoms with Crippen LogP contribution >= 0.6 is 0 Å². The average Bonchev–Trinajstić information content (AvgIpc) is 2.45. The van der Waals surface area contributed by atoms with Gasteiger partial charge < -0.3 is 20.1 Å². The van der Waals surface area contributed by atoms with E-state index in [4.69, 9.17) is 9.47 Å². The molecule has 1 aromatic carbocycles. The Bertz CT molecular complexity index is 502. The van der Waals surface area contributed by atoms with Gasteiger partial charge in [-0.15, -0.1) is 0 Å². The van der Waals surface area contributed by atoms with Gasteiger partial charge in [0.15, 0.2) is 13.2 Å². The molecule has 0 radical (unpaired) electrons. The van der Waals surface area contributed by atoms with Gasteiger partial charge >= 0.3 is 0 Å². The summed E-state index contributed by atoms with van der Waals surface area (Å²) in [5, 5.41) is 5.45. The predicted octanol–water partition coefficient (Wildman–Crippen LogP) is 1.31. The summed E-state index contributed by atoms with van der Waals surface area (Å²) >= 11 is 0. The van der Waals surface area contributed by atoms with Crippen LogP contribution in [0.4, 0.5) is 5.69 Å². The van der Waals surface area contributed by atoms with E-state index in [1.807, 2.05) is 0 Å². The lowest BCUT2D eigenvalue weighted by Gasteiger charge is -2.18. The molecule has 2 amide bonds. The van der Waals surface area contributed by atoms with E-state index in [0.717, 1.165) is 12.8 Å². The smallest absolute Gasteiger partial charge is 0.262 e. The minimum absolute atomic E-state index is 0.0209. The Morgan fingerprint density at radius 1 is 1.50 bits per heavy atom. The van der Waals surface area contributed by atoms with E-state index in [-0.39, 0.29) is 25.0 Å². The number of rotatable bonds is 6. The molecule has 1 aliphatic heterocycles. The molecule has 2 N–H and O–H groups in total. The van der Waals surface area contributed by atoms with Crippen LogP contribution in [-0.4, -0.2) is 31.6 Å². The molecule has 2 rings (SSSR count). The lowest BCUT2D eigenvalue weighted by Crippen LogP contribution is -2.29. The van der Waals surface area contributed by atoms with Gasteiger partial charge in [0.25, 0.3) is 11.8 Å². The molecule has 0 aromatic heterocycles. The first-order valence-electron chi connectivity index (χ1n) is 6.65. The lowest BCUT2D eigenvalue weighted by atomic mass is 10.2. The summed E-state index contributed by atoms with van der Waals surface area (Å²) < 4.78 is 10.6. The summed E-state index contributed by atoms with van der Waals surface area (Å²) in [4.78, 5) is 22.7. The second-order valence-electron chi connectivity index (χ2n) is 4.49. The zero-order valence-electron chi connectivity index (χ0n) is 11.4.